The van der Waals surface area contributed by atoms with Gasteiger partial charge in [0.1, 0.15) is 6.04 Å². The second-order valence-electron chi connectivity index (χ2n) is 5.43. The van der Waals surface area contributed by atoms with E-state index in [9.17, 15) is 9.59 Å². The number of likely N-dealkylation sites (tertiary alicyclic amines) is 1. The van der Waals surface area contributed by atoms with Crippen LogP contribution < -0.4 is 5.32 Å². The number of H-pyrrole nitrogens is 1. The molecule has 1 aromatic heterocycles. The normalized spacial score (nSPS) is 30.7. The maximum atomic E-state index is 12.6. The highest BCUT2D eigenvalue weighted by atomic mass is 16.2. The molecule has 0 bridgehead atoms. The van der Waals surface area contributed by atoms with Crippen LogP contribution in [0.2, 0.25) is 0 Å². The molecule has 3 rings (SSSR count). The van der Waals surface area contributed by atoms with Crippen molar-refractivity contribution in [3.63, 3.8) is 0 Å². The summed E-state index contributed by atoms with van der Waals surface area (Å²) in [5.41, 5.74) is 0.975. The third kappa shape index (κ3) is 2.11. The Morgan fingerprint density at radius 2 is 2.37 bits per heavy atom. The van der Waals surface area contributed by atoms with Gasteiger partial charge in [-0.15, -0.1) is 0 Å². The summed E-state index contributed by atoms with van der Waals surface area (Å²) in [4.78, 5) is 25.9. The summed E-state index contributed by atoms with van der Waals surface area (Å²) in [6.45, 7) is 2.70. The fourth-order valence-electron chi connectivity index (χ4n) is 3.07. The number of nitrogens with one attached hydrogen (secondary N) is 2. The predicted molar refractivity (Wildman–Crippen MR) is 68.0 cm³/mol. The lowest BCUT2D eigenvalue weighted by Crippen LogP contribution is -2.46. The van der Waals surface area contributed by atoms with Crippen LogP contribution in [0.1, 0.15) is 37.9 Å². The van der Waals surface area contributed by atoms with Crippen molar-refractivity contribution in [1.82, 2.24) is 20.4 Å². The van der Waals surface area contributed by atoms with Crippen molar-refractivity contribution in [3.8, 4) is 0 Å². The van der Waals surface area contributed by atoms with Gasteiger partial charge in [0.15, 0.2) is 0 Å². The van der Waals surface area contributed by atoms with E-state index in [1.807, 2.05) is 17.9 Å². The first-order chi connectivity index (χ1) is 9.16. The van der Waals surface area contributed by atoms with Gasteiger partial charge in [-0.2, -0.15) is 5.10 Å². The van der Waals surface area contributed by atoms with Crippen molar-refractivity contribution in [2.45, 2.75) is 38.3 Å². The Labute approximate surface area is 111 Å². The van der Waals surface area contributed by atoms with E-state index in [2.05, 4.69) is 15.5 Å². The lowest BCUT2D eigenvalue weighted by molar-refractivity contribution is -0.136. The van der Waals surface area contributed by atoms with E-state index >= 15 is 0 Å². The Hall–Kier alpha value is -1.85. The number of carbonyl (C=O) groups excluding carboxylic acids is 2. The van der Waals surface area contributed by atoms with Crippen molar-refractivity contribution >= 4 is 11.8 Å². The van der Waals surface area contributed by atoms with Crippen LogP contribution in [0, 0.1) is 5.92 Å². The third-order valence-electron chi connectivity index (χ3n) is 4.08. The number of amides is 2. The largest absolute Gasteiger partial charge is 0.344 e. The number of rotatable bonds is 2. The smallest absolute Gasteiger partial charge is 0.246 e. The summed E-state index contributed by atoms with van der Waals surface area (Å²) in [6.07, 6.45) is 4.09. The summed E-state index contributed by atoms with van der Waals surface area (Å²) >= 11 is 0. The van der Waals surface area contributed by atoms with E-state index in [-0.39, 0.29) is 29.8 Å². The van der Waals surface area contributed by atoms with Crippen LogP contribution in [0.5, 0.6) is 0 Å². The van der Waals surface area contributed by atoms with Crippen LogP contribution in [0.3, 0.4) is 0 Å². The quantitative estimate of drug-likeness (QED) is 0.819. The summed E-state index contributed by atoms with van der Waals surface area (Å²) in [5.74, 6) is 0.0848. The molecular formula is C13H18N4O2. The maximum absolute atomic E-state index is 12.6. The summed E-state index contributed by atoms with van der Waals surface area (Å²) in [7, 11) is 0. The van der Waals surface area contributed by atoms with Crippen LogP contribution in [0.25, 0.3) is 0 Å². The molecule has 6 heteroatoms. The van der Waals surface area contributed by atoms with Gasteiger partial charge in [0.25, 0.3) is 0 Å². The lowest BCUT2D eigenvalue weighted by Gasteiger charge is -2.28. The predicted octanol–water partition coefficient (Wildman–Crippen LogP) is 0.598. The van der Waals surface area contributed by atoms with Gasteiger partial charge < -0.3 is 10.2 Å². The molecule has 102 valence electrons. The lowest BCUT2D eigenvalue weighted by atomic mass is 10.0. The van der Waals surface area contributed by atoms with Gasteiger partial charge in [-0.3, -0.25) is 14.7 Å². The van der Waals surface area contributed by atoms with Crippen molar-refractivity contribution in [1.29, 1.82) is 0 Å². The molecule has 2 amide bonds. The molecule has 2 fully saturated rings. The number of aromatic nitrogens is 2. The second kappa shape index (κ2) is 4.68. The summed E-state index contributed by atoms with van der Waals surface area (Å²) in [5, 5.41) is 9.69. The molecule has 0 aromatic carbocycles. The molecule has 2 aliphatic rings. The van der Waals surface area contributed by atoms with E-state index < -0.39 is 0 Å². The SMILES string of the molecule is CC1CC(=O)NC1C(=O)N1CCC[C@H]1c1ccn[nH]1. The molecule has 6 nitrogen and oxygen atoms in total. The molecule has 2 aliphatic heterocycles. The molecule has 3 heterocycles. The minimum Gasteiger partial charge on any atom is -0.344 e. The first-order valence-corrected chi connectivity index (χ1v) is 6.76. The summed E-state index contributed by atoms with van der Waals surface area (Å²) < 4.78 is 0. The van der Waals surface area contributed by atoms with Crippen molar-refractivity contribution < 1.29 is 9.59 Å². The molecule has 2 saturated heterocycles. The van der Waals surface area contributed by atoms with Crippen LogP contribution in [-0.2, 0) is 9.59 Å². The molecule has 0 saturated carbocycles. The van der Waals surface area contributed by atoms with Crippen LogP contribution in [0.4, 0.5) is 0 Å². The van der Waals surface area contributed by atoms with E-state index in [4.69, 9.17) is 0 Å². The monoisotopic (exact) mass is 262 g/mol. The maximum Gasteiger partial charge on any atom is 0.246 e. The standard InChI is InChI=1S/C13H18N4O2/c1-8-7-11(18)15-12(8)13(19)17-6-2-3-10(17)9-4-5-14-16-9/h4-5,8,10,12H,2-3,6-7H2,1H3,(H,14,16)(H,15,18)/t8?,10-,12?/m0/s1. The zero-order chi connectivity index (χ0) is 13.4. The van der Waals surface area contributed by atoms with Gasteiger partial charge in [-0.05, 0) is 24.8 Å². The highest BCUT2D eigenvalue weighted by Gasteiger charge is 2.40. The number of aromatic amines is 1. The van der Waals surface area contributed by atoms with Crippen LogP contribution in [0.15, 0.2) is 12.3 Å². The van der Waals surface area contributed by atoms with Gasteiger partial charge in [0.2, 0.25) is 11.8 Å². The van der Waals surface area contributed by atoms with Gasteiger partial charge in [-0.25, -0.2) is 0 Å². The average Bonchev–Trinajstić information content (AvgIpc) is 3.06. The average molecular weight is 262 g/mol. The molecule has 0 radical (unpaired) electrons. The van der Waals surface area contributed by atoms with Gasteiger partial charge in [-0.1, -0.05) is 6.92 Å². The second-order valence-corrected chi connectivity index (χ2v) is 5.43. The van der Waals surface area contributed by atoms with E-state index in [1.165, 1.54) is 0 Å². The van der Waals surface area contributed by atoms with E-state index in [0.717, 1.165) is 25.1 Å². The molecule has 2 N–H and O–H groups in total. The van der Waals surface area contributed by atoms with Gasteiger partial charge in [0.05, 0.1) is 11.7 Å². The zero-order valence-corrected chi connectivity index (χ0v) is 10.9. The van der Waals surface area contributed by atoms with Crippen molar-refractivity contribution in [2.24, 2.45) is 5.92 Å². The van der Waals surface area contributed by atoms with Gasteiger partial charge >= 0.3 is 0 Å². The zero-order valence-electron chi connectivity index (χ0n) is 10.9. The highest BCUT2D eigenvalue weighted by Crippen LogP contribution is 2.32. The first-order valence-electron chi connectivity index (χ1n) is 6.76. The number of carbonyl (C=O) groups is 2. The van der Waals surface area contributed by atoms with E-state index in [1.54, 1.807) is 6.20 Å². The molecule has 19 heavy (non-hydrogen) atoms. The van der Waals surface area contributed by atoms with Crippen molar-refractivity contribution in [3.05, 3.63) is 18.0 Å². The Bertz CT molecular complexity index is 485. The Morgan fingerprint density at radius 1 is 1.53 bits per heavy atom. The molecular weight excluding hydrogens is 244 g/mol. The van der Waals surface area contributed by atoms with Crippen LogP contribution >= 0.6 is 0 Å². The number of hydrogen-bond acceptors (Lipinski definition) is 3. The molecule has 2 unspecified atom stereocenters. The van der Waals surface area contributed by atoms with Crippen molar-refractivity contribution in [2.75, 3.05) is 6.54 Å². The summed E-state index contributed by atoms with van der Waals surface area (Å²) in [6, 6.07) is 1.61. The molecule has 1 aromatic rings. The molecule has 0 aliphatic carbocycles. The minimum atomic E-state index is -0.365. The molecule has 0 spiro atoms. The Kier molecular flexibility index (Phi) is 3.00. The van der Waals surface area contributed by atoms with E-state index in [0.29, 0.717) is 6.42 Å². The highest BCUT2D eigenvalue weighted by molar-refractivity contribution is 5.91. The van der Waals surface area contributed by atoms with Gasteiger partial charge in [0, 0.05) is 19.2 Å². The topological polar surface area (TPSA) is 78.1 Å². The molecule has 3 atom stereocenters. The Balaban J connectivity index is 1.77. The number of nitrogens with zero attached hydrogens (tertiary/aromatic N) is 2. The third-order valence-corrected chi connectivity index (χ3v) is 4.08. The minimum absolute atomic E-state index is 0.0249. The Morgan fingerprint density at radius 3 is 3.00 bits per heavy atom. The van der Waals surface area contributed by atoms with Crippen LogP contribution in [-0.4, -0.2) is 39.5 Å². The fourth-order valence-corrected chi connectivity index (χ4v) is 3.07. The fraction of sp³-hybridized carbons (Fsp3) is 0.615. The first kappa shape index (κ1) is 12.2. The number of hydrogen-bond donors (Lipinski definition) is 2.